The quantitative estimate of drug-likeness (QED) is 0.454. The van der Waals surface area contributed by atoms with E-state index in [4.69, 9.17) is 21.1 Å². The van der Waals surface area contributed by atoms with Gasteiger partial charge in [-0.15, -0.1) is 0 Å². The number of hydrogen-bond acceptors (Lipinski definition) is 5. The van der Waals surface area contributed by atoms with E-state index in [0.29, 0.717) is 28.8 Å². The first-order chi connectivity index (χ1) is 14.5. The van der Waals surface area contributed by atoms with Crippen molar-refractivity contribution in [2.45, 2.75) is 25.9 Å². The molecule has 6 heteroatoms. The maximum Gasteiger partial charge on any atom is 0.232 e. The number of halogens is 1. The van der Waals surface area contributed by atoms with Gasteiger partial charge in [0.05, 0.1) is 6.54 Å². The molecule has 30 heavy (non-hydrogen) atoms. The molecule has 0 unspecified atom stereocenters. The standard InChI is InChI=1S/C24H27ClN2O3/c1-4-6-23(17(2)3)29-19-8-9-22(18(15-19)11-14-28)27-13-10-20(16-27)30-24-21(25)7-5-12-26-24/h4-9,12,15,20,28H,1-2,10-11,13-14,16H2,3H3/b23-6+/t20-/m0/s1. The lowest BCUT2D eigenvalue weighted by Gasteiger charge is -2.23. The number of anilines is 1. The van der Waals surface area contributed by atoms with E-state index in [2.05, 4.69) is 23.0 Å². The van der Waals surface area contributed by atoms with Gasteiger partial charge in [0, 0.05) is 31.5 Å². The van der Waals surface area contributed by atoms with E-state index >= 15 is 0 Å². The number of nitrogens with zero attached hydrogens (tertiary/aromatic N) is 2. The van der Waals surface area contributed by atoms with Crippen LogP contribution in [0.15, 0.2) is 73.2 Å². The summed E-state index contributed by atoms with van der Waals surface area (Å²) in [6.45, 7) is 11.2. The van der Waals surface area contributed by atoms with Crippen LogP contribution >= 0.6 is 11.6 Å². The lowest BCUT2D eigenvalue weighted by Crippen LogP contribution is -2.25. The summed E-state index contributed by atoms with van der Waals surface area (Å²) in [5, 5.41) is 10.1. The first kappa shape index (κ1) is 21.9. The largest absolute Gasteiger partial charge is 0.471 e. The predicted molar refractivity (Wildman–Crippen MR) is 121 cm³/mol. The zero-order valence-electron chi connectivity index (χ0n) is 17.2. The Morgan fingerprint density at radius 1 is 1.40 bits per heavy atom. The second-order valence-electron chi connectivity index (χ2n) is 7.18. The highest BCUT2D eigenvalue weighted by molar-refractivity contribution is 6.31. The predicted octanol–water partition coefficient (Wildman–Crippen LogP) is 4.95. The Bertz CT molecular complexity index is 942. The van der Waals surface area contributed by atoms with Crippen LogP contribution in [-0.4, -0.2) is 35.9 Å². The maximum atomic E-state index is 9.56. The third-order valence-corrected chi connectivity index (χ3v) is 5.13. The molecule has 1 saturated heterocycles. The SMILES string of the molecule is C=C/C=C(/Oc1ccc(N2CC[C@H](Oc3ncccc3Cl)C2)c(CCO)c1)C(=C)C. The van der Waals surface area contributed by atoms with Gasteiger partial charge in [-0.3, -0.25) is 0 Å². The first-order valence-corrected chi connectivity index (χ1v) is 10.3. The number of hydrogen-bond donors (Lipinski definition) is 1. The van der Waals surface area contributed by atoms with E-state index in [1.807, 2.05) is 25.1 Å². The fourth-order valence-corrected chi connectivity index (χ4v) is 3.58. The molecule has 1 N–H and O–H groups in total. The lowest BCUT2D eigenvalue weighted by molar-refractivity contribution is 0.216. The second kappa shape index (κ2) is 10.3. The minimum atomic E-state index is 0.000783. The molecule has 5 nitrogen and oxygen atoms in total. The fraction of sp³-hybridized carbons (Fsp3) is 0.292. The molecule has 1 aliphatic heterocycles. The fourth-order valence-electron chi connectivity index (χ4n) is 3.41. The normalized spacial score (nSPS) is 16.4. The van der Waals surface area contributed by atoms with E-state index in [1.54, 1.807) is 30.5 Å². The molecule has 1 aromatic carbocycles. The van der Waals surface area contributed by atoms with Crippen molar-refractivity contribution in [2.24, 2.45) is 0 Å². The van der Waals surface area contributed by atoms with E-state index in [-0.39, 0.29) is 12.7 Å². The number of allylic oxidation sites excluding steroid dienone is 3. The van der Waals surface area contributed by atoms with E-state index in [1.165, 1.54) is 0 Å². The molecule has 0 aliphatic carbocycles. The molecule has 1 atom stereocenters. The van der Waals surface area contributed by atoms with Crippen LogP contribution in [0.1, 0.15) is 18.9 Å². The lowest BCUT2D eigenvalue weighted by atomic mass is 10.1. The molecular weight excluding hydrogens is 400 g/mol. The smallest absolute Gasteiger partial charge is 0.232 e. The molecule has 2 aromatic rings. The summed E-state index contributed by atoms with van der Waals surface area (Å²) >= 11 is 6.17. The molecule has 0 bridgehead atoms. The van der Waals surface area contributed by atoms with Gasteiger partial charge in [-0.1, -0.05) is 30.8 Å². The summed E-state index contributed by atoms with van der Waals surface area (Å²) in [4.78, 5) is 6.47. The molecule has 0 saturated carbocycles. The minimum absolute atomic E-state index is 0.000783. The third-order valence-electron chi connectivity index (χ3n) is 4.84. The van der Waals surface area contributed by atoms with Gasteiger partial charge in [-0.25, -0.2) is 4.98 Å². The van der Waals surface area contributed by atoms with E-state index < -0.39 is 0 Å². The third kappa shape index (κ3) is 5.43. The minimum Gasteiger partial charge on any atom is -0.471 e. The van der Waals surface area contributed by atoms with Crippen LogP contribution in [0.25, 0.3) is 0 Å². The van der Waals surface area contributed by atoms with E-state index in [9.17, 15) is 5.11 Å². The van der Waals surface area contributed by atoms with Crippen LogP contribution in [0.2, 0.25) is 5.02 Å². The van der Waals surface area contributed by atoms with Crippen molar-refractivity contribution in [1.29, 1.82) is 0 Å². The van der Waals surface area contributed by atoms with Gasteiger partial charge in [0.1, 0.15) is 22.6 Å². The number of aromatic nitrogens is 1. The number of aliphatic hydroxyl groups excluding tert-OH is 1. The Hall–Kier alpha value is -2.76. The summed E-state index contributed by atoms with van der Waals surface area (Å²) in [7, 11) is 0. The molecule has 0 radical (unpaired) electrons. The van der Waals surface area contributed by atoms with E-state index in [0.717, 1.165) is 36.3 Å². The van der Waals surface area contributed by atoms with Crippen molar-refractivity contribution in [3.05, 3.63) is 83.8 Å². The number of benzene rings is 1. The number of pyridine rings is 1. The van der Waals surface area contributed by atoms with Crippen LogP contribution in [0, 0.1) is 0 Å². The first-order valence-electron chi connectivity index (χ1n) is 9.94. The topological polar surface area (TPSA) is 54.8 Å². The summed E-state index contributed by atoms with van der Waals surface area (Å²) in [6.07, 6.45) is 6.53. The maximum absolute atomic E-state index is 9.56. The van der Waals surface area contributed by atoms with Gasteiger partial charge in [0.2, 0.25) is 5.88 Å². The molecular formula is C24H27ClN2O3. The van der Waals surface area contributed by atoms with Crippen molar-refractivity contribution in [1.82, 2.24) is 4.98 Å². The average Bonchev–Trinajstić information content (AvgIpc) is 3.18. The zero-order valence-corrected chi connectivity index (χ0v) is 17.9. The number of rotatable bonds is 9. The van der Waals surface area contributed by atoms with Gasteiger partial charge in [-0.05, 0) is 60.9 Å². The second-order valence-corrected chi connectivity index (χ2v) is 7.59. The van der Waals surface area contributed by atoms with Crippen LogP contribution in [0.3, 0.4) is 0 Å². The molecule has 2 heterocycles. The Morgan fingerprint density at radius 3 is 2.93 bits per heavy atom. The van der Waals surface area contributed by atoms with Gasteiger partial charge in [0.25, 0.3) is 0 Å². The highest BCUT2D eigenvalue weighted by Gasteiger charge is 2.26. The molecule has 1 aromatic heterocycles. The Morgan fingerprint density at radius 2 is 2.23 bits per heavy atom. The molecule has 0 spiro atoms. The molecule has 158 valence electrons. The molecule has 1 aliphatic rings. The summed E-state index contributed by atoms with van der Waals surface area (Å²) in [5.74, 6) is 1.83. The summed E-state index contributed by atoms with van der Waals surface area (Å²) in [6, 6.07) is 9.48. The van der Waals surface area contributed by atoms with Gasteiger partial charge in [-0.2, -0.15) is 0 Å². The highest BCUT2D eigenvalue weighted by atomic mass is 35.5. The Balaban J connectivity index is 1.75. The van der Waals surface area contributed by atoms with Crippen LogP contribution in [0.4, 0.5) is 5.69 Å². The summed E-state index contributed by atoms with van der Waals surface area (Å²) in [5.41, 5.74) is 2.90. The van der Waals surface area contributed by atoms with Crippen molar-refractivity contribution < 1.29 is 14.6 Å². The van der Waals surface area contributed by atoms with Crippen LogP contribution in [-0.2, 0) is 6.42 Å². The Kier molecular flexibility index (Phi) is 7.55. The zero-order chi connectivity index (χ0) is 21.5. The van der Waals surface area contributed by atoms with Crippen molar-refractivity contribution in [3.63, 3.8) is 0 Å². The molecule has 3 rings (SSSR count). The van der Waals surface area contributed by atoms with Crippen LogP contribution < -0.4 is 14.4 Å². The monoisotopic (exact) mass is 426 g/mol. The molecule has 1 fully saturated rings. The van der Waals surface area contributed by atoms with Crippen molar-refractivity contribution >= 4 is 17.3 Å². The molecule has 0 amide bonds. The summed E-state index contributed by atoms with van der Waals surface area (Å²) < 4.78 is 12.0. The van der Waals surface area contributed by atoms with Crippen LogP contribution in [0.5, 0.6) is 11.6 Å². The number of ether oxygens (including phenoxy) is 2. The van der Waals surface area contributed by atoms with Gasteiger partial charge < -0.3 is 19.5 Å². The van der Waals surface area contributed by atoms with Crippen molar-refractivity contribution in [3.8, 4) is 11.6 Å². The van der Waals surface area contributed by atoms with Gasteiger partial charge >= 0.3 is 0 Å². The number of aliphatic hydroxyl groups is 1. The Labute approximate surface area is 182 Å². The average molecular weight is 427 g/mol. The van der Waals surface area contributed by atoms with Gasteiger partial charge in [0.15, 0.2) is 0 Å². The highest BCUT2D eigenvalue weighted by Crippen LogP contribution is 2.32. The van der Waals surface area contributed by atoms with Crippen molar-refractivity contribution in [2.75, 3.05) is 24.6 Å².